The van der Waals surface area contributed by atoms with Gasteiger partial charge >= 0.3 is 6.09 Å². The molecule has 0 aliphatic carbocycles. The van der Waals surface area contributed by atoms with Gasteiger partial charge in [0.2, 0.25) is 5.91 Å². The van der Waals surface area contributed by atoms with Crippen molar-refractivity contribution in [2.75, 3.05) is 13.1 Å². The van der Waals surface area contributed by atoms with Crippen molar-refractivity contribution in [1.29, 1.82) is 0 Å². The second-order valence-electron chi connectivity index (χ2n) is 8.79. The van der Waals surface area contributed by atoms with E-state index >= 15 is 0 Å². The number of piperidine rings is 1. The maximum Gasteiger partial charge on any atom is 0.407 e. The molecule has 9 nitrogen and oxygen atoms in total. The van der Waals surface area contributed by atoms with Gasteiger partial charge in [0.15, 0.2) is 0 Å². The van der Waals surface area contributed by atoms with Crippen LogP contribution in [0.1, 0.15) is 51.5 Å². The number of hydrogen-bond donors (Lipinski definition) is 1. The molecule has 0 radical (unpaired) electrons. The number of nitrogens with zero attached hydrogens (tertiary/aromatic N) is 5. The molecule has 1 aromatic heterocycles. The quantitative estimate of drug-likeness (QED) is 0.728. The summed E-state index contributed by atoms with van der Waals surface area (Å²) in [6.45, 7) is 7.19. The van der Waals surface area contributed by atoms with Crippen molar-refractivity contribution in [3.05, 3.63) is 41.2 Å². The van der Waals surface area contributed by atoms with Gasteiger partial charge in [-0.1, -0.05) is 23.7 Å². The Morgan fingerprint density at radius 2 is 1.90 bits per heavy atom. The van der Waals surface area contributed by atoms with E-state index in [2.05, 4.69) is 20.8 Å². The van der Waals surface area contributed by atoms with Crippen molar-refractivity contribution in [3.8, 4) is 0 Å². The lowest BCUT2D eigenvalue weighted by Gasteiger charge is -2.33. The van der Waals surface area contributed by atoms with Gasteiger partial charge in [-0.2, -0.15) is 0 Å². The maximum atomic E-state index is 13.0. The van der Waals surface area contributed by atoms with Crippen LogP contribution in [0.25, 0.3) is 0 Å². The van der Waals surface area contributed by atoms with Gasteiger partial charge in [0.25, 0.3) is 0 Å². The van der Waals surface area contributed by atoms with E-state index in [9.17, 15) is 9.59 Å². The van der Waals surface area contributed by atoms with Gasteiger partial charge in [-0.15, -0.1) is 5.10 Å². The predicted molar refractivity (Wildman–Crippen MR) is 116 cm³/mol. The zero-order chi connectivity index (χ0) is 22.4. The molecule has 0 spiro atoms. The van der Waals surface area contributed by atoms with Gasteiger partial charge in [-0.25, -0.2) is 9.48 Å². The molecule has 10 heteroatoms. The van der Waals surface area contributed by atoms with Crippen LogP contribution in [0.2, 0.25) is 5.02 Å². The zero-order valence-electron chi connectivity index (χ0n) is 18.1. The number of rotatable bonds is 6. The summed E-state index contributed by atoms with van der Waals surface area (Å²) in [5.41, 5.74) is 0.478. The van der Waals surface area contributed by atoms with Gasteiger partial charge in [-0.05, 0) is 61.7 Å². The minimum Gasteiger partial charge on any atom is -0.444 e. The number of nitrogens with one attached hydrogen (secondary N) is 1. The summed E-state index contributed by atoms with van der Waals surface area (Å²) in [5.74, 6) is -0.00498. The molecule has 2 aromatic rings. The fraction of sp³-hybridized carbons (Fsp3) is 0.571. The van der Waals surface area contributed by atoms with E-state index in [-0.39, 0.29) is 17.9 Å². The maximum absolute atomic E-state index is 13.0. The number of aromatic nitrogens is 4. The number of alkyl carbamates (subject to hydrolysis) is 1. The van der Waals surface area contributed by atoms with Crippen LogP contribution in [-0.4, -0.2) is 61.8 Å². The first-order valence-electron chi connectivity index (χ1n) is 10.4. The number of benzene rings is 1. The Kier molecular flexibility index (Phi) is 7.48. The summed E-state index contributed by atoms with van der Waals surface area (Å²) in [7, 11) is 0. The fourth-order valence-corrected chi connectivity index (χ4v) is 3.73. The van der Waals surface area contributed by atoms with E-state index in [0.717, 1.165) is 5.56 Å². The summed E-state index contributed by atoms with van der Waals surface area (Å²) in [6, 6.07) is 7.51. The number of likely N-dealkylation sites (tertiary alicyclic amines) is 1. The Labute approximate surface area is 187 Å². The van der Waals surface area contributed by atoms with Crippen LogP contribution in [-0.2, 0) is 16.1 Å². The number of carbonyl (C=O) groups excluding carboxylic acids is 2. The minimum atomic E-state index is -0.531. The van der Waals surface area contributed by atoms with Gasteiger partial charge in [0.05, 0.1) is 6.54 Å². The molecule has 2 heterocycles. The number of hydrogen-bond acceptors (Lipinski definition) is 6. The summed E-state index contributed by atoms with van der Waals surface area (Å²) < 4.78 is 6.94. The molecule has 1 fully saturated rings. The van der Waals surface area contributed by atoms with Crippen LogP contribution >= 0.6 is 11.6 Å². The van der Waals surface area contributed by atoms with E-state index < -0.39 is 11.7 Å². The largest absolute Gasteiger partial charge is 0.444 e. The molecule has 1 N–H and O–H groups in total. The molecule has 2 amide bonds. The molecule has 0 bridgehead atoms. The Morgan fingerprint density at radius 1 is 1.23 bits per heavy atom. The van der Waals surface area contributed by atoms with Gasteiger partial charge in [0.1, 0.15) is 11.9 Å². The predicted octanol–water partition coefficient (Wildman–Crippen LogP) is 3.02. The summed E-state index contributed by atoms with van der Waals surface area (Å²) in [6.07, 6.45) is 2.86. The zero-order valence-corrected chi connectivity index (χ0v) is 18.9. The lowest BCUT2D eigenvalue weighted by molar-refractivity contribution is -0.132. The van der Waals surface area contributed by atoms with Crippen molar-refractivity contribution in [3.63, 3.8) is 0 Å². The topological polar surface area (TPSA) is 102 Å². The standard InChI is InChI=1S/C21H29ClN6O3/c1-21(2,3)31-20(30)24-18-8-10-27(11-9-18)19(29)12-16(13-28-14-23-25-26-28)15-4-6-17(22)7-5-15/h4-7,14,16,18H,8-13H2,1-3H3,(H,24,30). The van der Waals surface area contributed by atoms with Crippen molar-refractivity contribution in [2.24, 2.45) is 0 Å². The smallest absolute Gasteiger partial charge is 0.407 e. The van der Waals surface area contributed by atoms with Gasteiger partial charge in [0, 0.05) is 36.5 Å². The Bertz CT molecular complexity index is 858. The normalized spacial score (nSPS) is 16.1. The van der Waals surface area contributed by atoms with E-state index in [4.69, 9.17) is 16.3 Å². The molecule has 0 saturated carbocycles. The molecule has 1 aliphatic heterocycles. The monoisotopic (exact) mass is 448 g/mol. The number of halogens is 1. The van der Waals surface area contributed by atoms with Crippen LogP contribution in [0.4, 0.5) is 4.79 Å². The van der Waals surface area contributed by atoms with E-state index in [1.54, 1.807) is 11.0 Å². The summed E-state index contributed by atoms with van der Waals surface area (Å²) in [5, 5.41) is 14.8. The molecule has 168 valence electrons. The highest BCUT2D eigenvalue weighted by molar-refractivity contribution is 6.30. The number of ether oxygens (including phenoxy) is 1. The second kappa shape index (κ2) is 10.1. The lowest BCUT2D eigenvalue weighted by atomic mass is 9.94. The Morgan fingerprint density at radius 3 is 2.48 bits per heavy atom. The van der Waals surface area contributed by atoms with Crippen LogP contribution in [0.3, 0.4) is 0 Å². The third-order valence-electron chi connectivity index (χ3n) is 5.13. The Hall–Kier alpha value is -2.68. The first-order chi connectivity index (χ1) is 14.7. The molecular weight excluding hydrogens is 420 g/mol. The molecular formula is C21H29ClN6O3. The van der Waals surface area contributed by atoms with Crippen molar-refractivity contribution in [2.45, 2.75) is 64.1 Å². The number of tetrazole rings is 1. The summed E-state index contributed by atoms with van der Waals surface area (Å²) >= 11 is 6.02. The van der Waals surface area contributed by atoms with E-state index in [0.29, 0.717) is 43.9 Å². The van der Waals surface area contributed by atoms with Crippen LogP contribution in [0, 0.1) is 0 Å². The third kappa shape index (κ3) is 7.20. The molecule has 1 unspecified atom stereocenters. The molecule has 1 aromatic carbocycles. The molecule has 1 saturated heterocycles. The third-order valence-corrected chi connectivity index (χ3v) is 5.38. The van der Waals surface area contributed by atoms with Gasteiger partial charge in [-0.3, -0.25) is 4.79 Å². The SMILES string of the molecule is CC(C)(C)OC(=O)NC1CCN(C(=O)CC(Cn2cnnn2)c2ccc(Cl)cc2)CC1. The fourth-order valence-electron chi connectivity index (χ4n) is 3.60. The van der Waals surface area contributed by atoms with Crippen LogP contribution < -0.4 is 5.32 Å². The molecule has 1 atom stereocenters. The lowest BCUT2D eigenvalue weighted by Crippen LogP contribution is -2.47. The van der Waals surface area contributed by atoms with E-state index in [1.807, 2.05) is 49.9 Å². The van der Waals surface area contributed by atoms with Crippen LogP contribution in [0.5, 0.6) is 0 Å². The molecule has 1 aliphatic rings. The Balaban J connectivity index is 1.56. The highest BCUT2D eigenvalue weighted by Crippen LogP contribution is 2.25. The first kappa shape index (κ1) is 23.0. The minimum absolute atomic E-state index is 0.00665. The van der Waals surface area contributed by atoms with E-state index in [1.165, 1.54) is 0 Å². The van der Waals surface area contributed by atoms with Gasteiger partial charge < -0.3 is 15.0 Å². The van der Waals surface area contributed by atoms with Crippen molar-refractivity contribution in [1.82, 2.24) is 30.4 Å². The molecule has 3 rings (SSSR count). The average Bonchev–Trinajstić information content (AvgIpc) is 3.20. The average molecular weight is 449 g/mol. The number of amides is 2. The molecule has 31 heavy (non-hydrogen) atoms. The summed E-state index contributed by atoms with van der Waals surface area (Å²) in [4.78, 5) is 26.9. The van der Waals surface area contributed by atoms with Crippen molar-refractivity contribution < 1.29 is 14.3 Å². The highest BCUT2D eigenvalue weighted by atomic mass is 35.5. The number of carbonyl (C=O) groups is 2. The first-order valence-corrected chi connectivity index (χ1v) is 10.8. The highest BCUT2D eigenvalue weighted by Gasteiger charge is 2.27. The second-order valence-corrected chi connectivity index (χ2v) is 9.22. The van der Waals surface area contributed by atoms with Crippen LogP contribution in [0.15, 0.2) is 30.6 Å². The van der Waals surface area contributed by atoms with Crippen molar-refractivity contribution >= 4 is 23.6 Å².